The van der Waals surface area contributed by atoms with Gasteiger partial charge in [0.15, 0.2) is 9.84 Å². The molecule has 3 heteroatoms. The van der Waals surface area contributed by atoms with Crippen LogP contribution in [0.15, 0.2) is 60.7 Å². The molecule has 0 spiro atoms. The summed E-state index contributed by atoms with van der Waals surface area (Å²) in [6.45, 7) is 0. The third kappa shape index (κ3) is 1.75. The zero-order chi connectivity index (χ0) is 12.6. The summed E-state index contributed by atoms with van der Waals surface area (Å²) in [5.41, 5.74) is 1.81. The Balaban J connectivity index is 1.90. The smallest absolute Gasteiger partial charge is 0.164 e. The molecule has 1 fully saturated rings. The second-order valence-corrected chi connectivity index (χ2v) is 6.94. The van der Waals surface area contributed by atoms with Crippen LogP contribution in [-0.2, 0) is 9.84 Å². The van der Waals surface area contributed by atoms with Gasteiger partial charge in [0.05, 0.1) is 10.5 Å². The molecule has 0 amide bonds. The van der Waals surface area contributed by atoms with Crippen LogP contribution in [-0.4, -0.2) is 8.42 Å². The SMILES string of the molecule is O=S1(=O)[C@H](c2ccccc2)C[C@H]1c1ccccc1. The number of benzene rings is 2. The Labute approximate surface area is 107 Å². The second kappa shape index (κ2) is 4.25. The fraction of sp³-hybridized carbons (Fsp3) is 0.200. The van der Waals surface area contributed by atoms with E-state index in [9.17, 15) is 8.42 Å². The summed E-state index contributed by atoms with van der Waals surface area (Å²) < 4.78 is 24.7. The van der Waals surface area contributed by atoms with Crippen LogP contribution in [0.25, 0.3) is 0 Å². The van der Waals surface area contributed by atoms with Gasteiger partial charge < -0.3 is 0 Å². The van der Waals surface area contributed by atoms with Crippen molar-refractivity contribution < 1.29 is 8.42 Å². The van der Waals surface area contributed by atoms with Crippen LogP contribution in [0.2, 0.25) is 0 Å². The van der Waals surface area contributed by atoms with Gasteiger partial charge in [0, 0.05) is 0 Å². The molecule has 0 aliphatic carbocycles. The Kier molecular flexibility index (Phi) is 2.71. The lowest BCUT2D eigenvalue weighted by atomic mass is 10.0. The molecule has 3 rings (SSSR count). The van der Waals surface area contributed by atoms with E-state index in [1.165, 1.54) is 0 Å². The van der Waals surface area contributed by atoms with Crippen molar-refractivity contribution in [3.05, 3.63) is 71.8 Å². The lowest BCUT2D eigenvalue weighted by Crippen LogP contribution is -2.33. The molecule has 1 heterocycles. The molecule has 0 bridgehead atoms. The van der Waals surface area contributed by atoms with E-state index < -0.39 is 9.84 Å². The van der Waals surface area contributed by atoms with Gasteiger partial charge in [-0.25, -0.2) is 8.42 Å². The van der Waals surface area contributed by atoms with Gasteiger partial charge in [0.1, 0.15) is 0 Å². The minimum Gasteiger partial charge on any atom is -0.228 e. The van der Waals surface area contributed by atoms with Crippen molar-refractivity contribution in [1.82, 2.24) is 0 Å². The van der Waals surface area contributed by atoms with Crippen LogP contribution in [0.1, 0.15) is 28.0 Å². The maximum absolute atomic E-state index is 12.4. The van der Waals surface area contributed by atoms with Crippen LogP contribution in [0.4, 0.5) is 0 Å². The summed E-state index contributed by atoms with van der Waals surface area (Å²) in [4.78, 5) is 0. The first-order chi connectivity index (χ1) is 8.69. The number of hydrogen-bond donors (Lipinski definition) is 0. The van der Waals surface area contributed by atoms with E-state index in [4.69, 9.17) is 0 Å². The van der Waals surface area contributed by atoms with Crippen LogP contribution >= 0.6 is 0 Å². The highest BCUT2D eigenvalue weighted by Crippen LogP contribution is 2.50. The van der Waals surface area contributed by atoms with E-state index in [0.29, 0.717) is 6.42 Å². The summed E-state index contributed by atoms with van der Waals surface area (Å²) in [6.07, 6.45) is 0.691. The van der Waals surface area contributed by atoms with Gasteiger partial charge in [-0.3, -0.25) is 0 Å². The molecule has 0 saturated carbocycles. The molecule has 2 atom stereocenters. The summed E-state index contributed by atoms with van der Waals surface area (Å²) in [5, 5.41) is -0.659. The Morgan fingerprint density at radius 1 is 0.722 bits per heavy atom. The largest absolute Gasteiger partial charge is 0.228 e. The molecule has 2 aromatic carbocycles. The molecule has 18 heavy (non-hydrogen) atoms. The Bertz CT molecular complexity index is 581. The van der Waals surface area contributed by atoms with Crippen LogP contribution in [0.5, 0.6) is 0 Å². The molecule has 0 aromatic heterocycles. The molecule has 0 radical (unpaired) electrons. The van der Waals surface area contributed by atoms with Crippen molar-refractivity contribution in [2.75, 3.05) is 0 Å². The molecule has 1 aliphatic heterocycles. The van der Waals surface area contributed by atoms with E-state index in [1.54, 1.807) is 0 Å². The van der Waals surface area contributed by atoms with Gasteiger partial charge >= 0.3 is 0 Å². The zero-order valence-electron chi connectivity index (χ0n) is 9.86. The normalized spacial score (nSPS) is 25.3. The van der Waals surface area contributed by atoms with Crippen molar-refractivity contribution in [2.45, 2.75) is 16.9 Å². The summed E-state index contributed by atoms with van der Waals surface area (Å²) in [6, 6.07) is 18.9. The topological polar surface area (TPSA) is 34.1 Å². The van der Waals surface area contributed by atoms with Crippen molar-refractivity contribution in [1.29, 1.82) is 0 Å². The van der Waals surface area contributed by atoms with Crippen molar-refractivity contribution in [2.24, 2.45) is 0 Å². The Morgan fingerprint density at radius 2 is 1.11 bits per heavy atom. The lowest BCUT2D eigenvalue weighted by Gasteiger charge is -2.35. The highest BCUT2D eigenvalue weighted by Gasteiger charge is 2.47. The highest BCUT2D eigenvalue weighted by molar-refractivity contribution is 7.93. The maximum atomic E-state index is 12.4. The fourth-order valence-electron chi connectivity index (χ4n) is 2.53. The van der Waals surface area contributed by atoms with Crippen molar-refractivity contribution in [3.63, 3.8) is 0 Å². The molecular formula is C15H14O2S. The van der Waals surface area contributed by atoms with Crippen LogP contribution in [0.3, 0.4) is 0 Å². The average molecular weight is 258 g/mol. The summed E-state index contributed by atoms with van der Waals surface area (Å²) >= 11 is 0. The molecule has 1 aliphatic rings. The first-order valence-electron chi connectivity index (χ1n) is 6.02. The van der Waals surface area contributed by atoms with Gasteiger partial charge in [0.25, 0.3) is 0 Å². The fourth-order valence-corrected chi connectivity index (χ4v) is 4.56. The first kappa shape index (κ1) is 11.5. The van der Waals surface area contributed by atoms with Crippen molar-refractivity contribution in [3.8, 4) is 0 Å². The zero-order valence-corrected chi connectivity index (χ0v) is 10.7. The van der Waals surface area contributed by atoms with E-state index in [0.717, 1.165) is 11.1 Å². The molecule has 2 nitrogen and oxygen atoms in total. The van der Waals surface area contributed by atoms with Gasteiger partial charge in [-0.2, -0.15) is 0 Å². The summed E-state index contributed by atoms with van der Waals surface area (Å²) in [5.74, 6) is 0. The number of rotatable bonds is 2. The summed E-state index contributed by atoms with van der Waals surface area (Å²) in [7, 11) is -3.07. The number of hydrogen-bond acceptors (Lipinski definition) is 2. The monoisotopic (exact) mass is 258 g/mol. The molecular weight excluding hydrogens is 244 g/mol. The van der Waals surface area contributed by atoms with E-state index >= 15 is 0 Å². The molecule has 1 saturated heterocycles. The van der Waals surface area contributed by atoms with Gasteiger partial charge in [-0.1, -0.05) is 60.7 Å². The standard InChI is InChI=1S/C15H14O2S/c16-18(17)14(12-7-3-1-4-8-12)11-15(18)13-9-5-2-6-10-13/h1-10,14-15H,11H2/t14-,15-/m0/s1. The minimum atomic E-state index is -3.07. The highest BCUT2D eigenvalue weighted by atomic mass is 32.2. The van der Waals surface area contributed by atoms with E-state index in [1.807, 2.05) is 60.7 Å². The molecule has 0 unspecified atom stereocenters. The third-order valence-corrected chi connectivity index (χ3v) is 6.08. The van der Waals surface area contributed by atoms with Gasteiger partial charge in [-0.15, -0.1) is 0 Å². The first-order valence-corrected chi connectivity index (χ1v) is 7.63. The maximum Gasteiger partial charge on any atom is 0.164 e. The van der Waals surface area contributed by atoms with E-state index in [-0.39, 0.29) is 10.5 Å². The Hall–Kier alpha value is -1.61. The predicted octanol–water partition coefficient (Wildman–Crippen LogP) is 3.29. The number of sulfone groups is 1. The Morgan fingerprint density at radius 3 is 1.44 bits per heavy atom. The predicted molar refractivity (Wildman–Crippen MR) is 71.9 cm³/mol. The quantitative estimate of drug-likeness (QED) is 0.828. The van der Waals surface area contributed by atoms with Gasteiger partial charge in [-0.05, 0) is 17.5 Å². The molecule has 2 aromatic rings. The molecule has 0 N–H and O–H groups in total. The van der Waals surface area contributed by atoms with Crippen molar-refractivity contribution >= 4 is 9.84 Å². The van der Waals surface area contributed by atoms with E-state index in [2.05, 4.69) is 0 Å². The van der Waals surface area contributed by atoms with Gasteiger partial charge in [0.2, 0.25) is 0 Å². The minimum absolute atomic E-state index is 0.330. The second-order valence-electron chi connectivity index (χ2n) is 4.62. The van der Waals surface area contributed by atoms with Crippen LogP contribution in [0, 0.1) is 0 Å². The van der Waals surface area contributed by atoms with Crippen LogP contribution < -0.4 is 0 Å². The molecule has 92 valence electrons. The average Bonchev–Trinajstić information content (AvgIpc) is 2.40. The third-order valence-electron chi connectivity index (χ3n) is 3.56. The lowest BCUT2D eigenvalue weighted by molar-refractivity contribution is 0.516.